The second-order valence-corrected chi connectivity index (χ2v) is 6.76. The van der Waals surface area contributed by atoms with Crippen LogP contribution in [0.3, 0.4) is 0 Å². The van der Waals surface area contributed by atoms with Gasteiger partial charge in [0, 0.05) is 40.6 Å². The van der Waals surface area contributed by atoms with Crippen LogP contribution in [0, 0.1) is 11.6 Å². The number of nitrogens with zero attached hydrogens (tertiary/aromatic N) is 1. The monoisotopic (exact) mass is 388 g/mol. The van der Waals surface area contributed by atoms with Gasteiger partial charge in [-0.15, -0.1) is 0 Å². The minimum atomic E-state index is -1.06. The van der Waals surface area contributed by atoms with Crippen molar-refractivity contribution in [1.29, 1.82) is 0 Å². The van der Waals surface area contributed by atoms with E-state index in [1.54, 1.807) is 12.3 Å². The van der Waals surface area contributed by atoms with Crippen LogP contribution in [0.4, 0.5) is 14.5 Å². The van der Waals surface area contributed by atoms with Gasteiger partial charge in [-0.25, -0.2) is 13.8 Å². The molecule has 3 heterocycles. The number of benzene rings is 2. The number of aromatic amines is 2. The van der Waals surface area contributed by atoms with Crippen LogP contribution in [0.15, 0.2) is 61.1 Å². The minimum absolute atomic E-state index is 0.125. The van der Waals surface area contributed by atoms with Crippen molar-refractivity contribution in [3.05, 3.63) is 83.8 Å². The summed E-state index contributed by atoms with van der Waals surface area (Å²) in [6, 6.07) is 11.7. The number of pyridine rings is 1. The van der Waals surface area contributed by atoms with Crippen LogP contribution < -0.4 is 5.73 Å². The first kappa shape index (κ1) is 17.1. The summed E-state index contributed by atoms with van der Waals surface area (Å²) < 4.78 is 28.5. The zero-order chi connectivity index (χ0) is 20.1. The predicted molar refractivity (Wildman–Crippen MR) is 108 cm³/mol. The Morgan fingerprint density at radius 3 is 2.72 bits per heavy atom. The molecule has 0 saturated carbocycles. The lowest BCUT2D eigenvalue weighted by Crippen LogP contribution is -2.09. The highest BCUT2D eigenvalue weighted by atomic mass is 19.1. The van der Waals surface area contributed by atoms with Gasteiger partial charge in [0.25, 0.3) is 0 Å². The summed E-state index contributed by atoms with van der Waals surface area (Å²) in [5, 5.41) is 1.51. The van der Waals surface area contributed by atoms with E-state index in [9.17, 15) is 13.6 Å². The number of carbonyl (C=O) groups is 1. The van der Waals surface area contributed by atoms with E-state index in [1.807, 2.05) is 30.5 Å². The van der Waals surface area contributed by atoms with Gasteiger partial charge in [0.15, 0.2) is 5.82 Å². The van der Waals surface area contributed by atoms with E-state index in [0.717, 1.165) is 34.2 Å². The summed E-state index contributed by atoms with van der Waals surface area (Å²) in [4.78, 5) is 23.3. The van der Waals surface area contributed by atoms with Crippen molar-refractivity contribution >= 4 is 33.4 Å². The first-order valence-electron chi connectivity index (χ1n) is 8.86. The maximum atomic E-state index is 14.4. The highest BCUT2D eigenvalue weighted by molar-refractivity contribution is 6.16. The van der Waals surface area contributed by atoms with Gasteiger partial charge in [-0.3, -0.25) is 4.79 Å². The molecule has 0 spiro atoms. The van der Waals surface area contributed by atoms with Crippen LogP contribution in [-0.2, 0) is 0 Å². The van der Waals surface area contributed by atoms with E-state index in [1.165, 1.54) is 6.20 Å². The molecule has 5 nitrogen and oxygen atoms in total. The number of aromatic nitrogens is 3. The lowest BCUT2D eigenvalue weighted by molar-refractivity contribution is 0.103. The van der Waals surface area contributed by atoms with Gasteiger partial charge in [-0.1, -0.05) is 6.07 Å². The first-order valence-corrected chi connectivity index (χ1v) is 8.86. The average molecular weight is 388 g/mol. The molecule has 0 fully saturated rings. The van der Waals surface area contributed by atoms with E-state index in [4.69, 9.17) is 5.73 Å². The molecule has 0 aliphatic carbocycles. The number of anilines is 1. The minimum Gasteiger partial charge on any atom is -0.396 e. The number of ketones is 1. The van der Waals surface area contributed by atoms with Gasteiger partial charge in [0.1, 0.15) is 11.5 Å². The third-order valence-electron chi connectivity index (χ3n) is 5.01. The van der Waals surface area contributed by atoms with Crippen molar-refractivity contribution < 1.29 is 13.6 Å². The van der Waals surface area contributed by atoms with Crippen molar-refractivity contribution in [2.45, 2.75) is 0 Å². The number of hydrogen-bond acceptors (Lipinski definition) is 3. The fourth-order valence-electron chi connectivity index (χ4n) is 3.49. The number of halogens is 2. The molecule has 142 valence electrons. The second kappa shape index (κ2) is 6.27. The van der Waals surface area contributed by atoms with E-state index in [2.05, 4.69) is 15.0 Å². The SMILES string of the molecule is Nc1ccc(F)c(C(=O)c2c[nH]c3ncc(-c4ccc5[nH]ccc5c4)cc23)c1F. The predicted octanol–water partition coefficient (Wildman–Crippen LogP) is 4.80. The number of hydrogen-bond donors (Lipinski definition) is 3. The largest absolute Gasteiger partial charge is 0.396 e. The van der Waals surface area contributed by atoms with Crippen molar-refractivity contribution in [1.82, 2.24) is 15.0 Å². The third kappa shape index (κ3) is 2.67. The van der Waals surface area contributed by atoms with Crippen molar-refractivity contribution in [3.8, 4) is 11.1 Å². The second-order valence-electron chi connectivity index (χ2n) is 6.76. The molecule has 0 atom stereocenters. The number of nitrogen functional groups attached to an aromatic ring is 1. The molecule has 0 aliphatic rings. The molecule has 0 aliphatic heterocycles. The molecule has 0 radical (unpaired) electrons. The van der Waals surface area contributed by atoms with Crippen LogP contribution in [-0.4, -0.2) is 20.7 Å². The Morgan fingerprint density at radius 1 is 1.00 bits per heavy atom. The average Bonchev–Trinajstić information content (AvgIpc) is 3.36. The molecule has 29 heavy (non-hydrogen) atoms. The Morgan fingerprint density at radius 2 is 1.86 bits per heavy atom. The molecule has 5 aromatic rings. The number of rotatable bonds is 3. The standard InChI is InChI=1S/C22H14F2N4O/c23-16-2-3-17(25)20(24)19(16)21(29)15-10-28-22-14(15)8-13(9-27-22)11-1-4-18-12(7-11)5-6-26-18/h1-10,26H,25H2,(H,27,28). The fraction of sp³-hybridized carbons (Fsp3) is 0. The number of nitrogens with two attached hydrogens (primary N) is 1. The zero-order valence-electron chi connectivity index (χ0n) is 15.0. The van der Waals surface area contributed by atoms with E-state index < -0.39 is 23.0 Å². The Balaban J connectivity index is 1.65. The molecule has 4 N–H and O–H groups in total. The number of nitrogens with one attached hydrogen (secondary N) is 2. The summed E-state index contributed by atoms with van der Waals surface area (Å²) in [6.45, 7) is 0. The highest BCUT2D eigenvalue weighted by Crippen LogP contribution is 2.29. The smallest absolute Gasteiger partial charge is 0.201 e. The molecule has 3 aromatic heterocycles. The van der Waals surface area contributed by atoms with E-state index in [-0.39, 0.29) is 11.3 Å². The quantitative estimate of drug-likeness (QED) is 0.306. The fourth-order valence-corrected chi connectivity index (χ4v) is 3.49. The molecule has 0 saturated heterocycles. The number of carbonyl (C=O) groups excluding carboxylic acids is 1. The van der Waals surface area contributed by atoms with E-state index >= 15 is 0 Å². The van der Waals surface area contributed by atoms with Crippen LogP contribution in [0.2, 0.25) is 0 Å². The summed E-state index contributed by atoms with van der Waals surface area (Å²) in [5.74, 6) is -2.82. The van der Waals surface area contributed by atoms with Gasteiger partial charge in [-0.05, 0) is 47.3 Å². The van der Waals surface area contributed by atoms with Crippen molar-refractivity contribution in [2.75, 3.05) is 5.73 Å². The lowest BCUT2D eigenvalue weighted by Gasteiger charge is -2.06. The maximum absolute atomic E-state index is 14.4. The van der Waals surface area contributed by atoms with Gasteiger partial charge in [0.05, 0.1) is 11.3 Å². The number of fused-ring (bicyclic) bond motifs is 2. The van der Waals surface area contributed by atoms with Gasteiger partial charge in [0.2, 0.25) is 5.78 Å². The Labute approximate surface area is 163 Å². The van der Waals surface area contributed by atoms with Crippen LogP contribution >= 0.6 is 0 Å². The Kier molecular flexibility index (Phi) is 3.70. The zero-order valence-corrected chi connectivity index (χ0v) is 15.0. The molecular formula is C22H14F2N4O. The maximum Gasteiger partial charge on any atom is 0.201 e. The van der Waals surface area contributed by atoms with Crippen molar-refractivity contribution in [2.24, 2.45) is 0 Å². The first-order chi connectivity index (χ1) is 14.0. The van der Waals surface area contributed by atoms with Gasteiger partial charge >= 0.3 is 0 Å². The molecule has 5 rings (SSSR count). The third-order valence-corrected chi connectivity index (χ3v) is 5.01. The molecular weight excluding hydrogens is 374 g/mol. The van der Waals surface area contributed by atoms with Gasteiger partial charge in [-0.2, -0.15) is 0 Å². The normalized spacial score (nSPS) is 11.4. The van der Waals surface area contributed by atoms with Crippen molar-refractivity contribution in [3.63, 3.8) is 0 Å². The summed E-state index contributed by atoms with van der Waals surface area (Å²) in [5.41, 5.74) is 7.82. The topological polar surface area (TPSA) is 87.6 Å². The van der Waals surface area contributed by atoms with Crippen LogP contribution in [0.25, 0.3) is 33.1 Å². The highest BCUT2D eigenvalue weighted by Gasteiger charge is 2.24. The molecule has 0 bridgehead atoms. The van der Waals surface area contributed by atoms with E-state index in [0.29, 0.717) is 11.0 Å². The lowest BCUT2D eigenvalue weighted by atomic mass is 9.99. The molecule has 0 unspecified atom stereocenters. The van der Waals surface area contributed by atoms with Crippen LogP contribution in [0.1, 0.15) is 15.9 Å². The molecule has 2 aromatic carbocycles. The van der Waals surface area contributed by atoms with Gasteiger partial charge < -0.3 is 15.7 Å². The number of H-pyrrole nitrogens is 2. The summed E-state index contributed by atoms with van der Waals surface area (Å²) in [6.07, 6.45) is 4.94. The van der Waals surface area contributed by atoms with Crippen LogP contribution in [0.5, 0.6) is 0 Å². The Bertz CT molecular complexity index is 1420. The molecule has 0 amide bonds. The Hall–Kier alpha value is -4.00. The molecule has 7 heteroatoms. The summed E-state index contributed by atoms with van der Waals surface area (Å²) >= 11 is 0. The summed E-state index contributed by atoms with van der Waals surface area (Å²) in [7, 11) is 0.